The topological polar surface area (TPSA) is 27.7 Å². The van der Waals surface area contributed by atoms with Crippen LogP contribution in [-0.4, -0.2) is 25.9 Å². The van der Waals surface area contributed by atoms with Crippen molar-refractivity contribution >= 4 is 0 Å². The summed E-state index contributed by atoms with van der Waals surface area (Å²) in [7, 11) is 1.82. The number of ether oxygens (including phenoxy) is 3. The van der Waals surface area contributed by atoms with Crippen molar-refractivity contribution in [2.75, 3.05) is 13.7 Å². The fourth-order valence-electron chi connectivity index (χ4n) is 5.50. The lowest BCUT2D eigenvalue weighted by atomic mass is 9.71. The minimum absolute atomic E-state index is 0.0411. The molecule has 1 unspecified atom stereocenters. The van der Waals surface area contributed by atoms with Crippen molar-refractivity contribution in [1.82, 2.24) is 0 Å². The fraction of sp³-hybridized carbons (Fsp3) is 0.750. The van der Waals surface area contributed by atoms with Crippen molar-refractivity contribution in [3.8, 4) is 11.5 Å². The third kappa shape index (κ3) is 4.70. The number of fused-ring (bicyclic) bond motifs is 1. The van der Waals surface area contributed by atoms with E-state index in [4.69, 9.17) is 14.2 Å². The summed E-state index contributed by atoms with van der Waals surface area (Å²) in [6.07, 6.45) is 11.5. The van der Waals surface area contributed by atoms with Crippen LogP contribution in [0.3, 0.4) is 0 Å². The second-order valence-electron chi connectivity index (χ2n) is 9.32. The first-order chi connectivity index (χ1) is 14.0. The molecule has 3 nitrogen and oxygen atoms in total. The van der Waals surface area contributed by atoms with Crippen LogP contribution in [0.5, 0.6) is 11.5 Å². The average Bonchev–Trinajstić information content (AvgIpc) is 2.76. The van der Waals surface area contributed by atoms with E-state index in [1.54, 1.807) is 6.07 Å². The first kappa shape index (κ1) is 20.9. The van der Waals surface area contributed by atoms with Gasteiger partial charge >= 0.3 is 0 Å². The monoisotopic (exact) mass is 408 g/mol. The van der Waals surface area contributed by atoms with Crippen LogP contribution in [0.1, 0.15) is 70.3 Å². The number of halogens is 2. The van der Waals surface area contributed by atoms with Gasteiger partial charge in [-0.3, -0.25) is 0 Å². The van der Waals surface area contributed by atoms with E-state index in [0.717, 1.165) is 31.1 Å². The van der Waals surface area contributed by atoms with E-state index < -0.39 is 11.6 Å². The Morgan fingerprint density at radius 2 is 1.59 bits per heavy atom. The molecule has 0 bridgehead atoms. The first-order valence-electron chi connectivity index (χ1n) is 11.4. The third-order valence-electron chi connectivity index (χ3n) is 7.43. The van der Waals surface area contributed by atoms with Crippen LogP contribution in [0.4, 0.5) is 8.78 Å². The van der Waals surface area contributed by atoms with Gasteiger partial charge in [0.15, 0.2) is 11.5 Å². The molecule has 2 saturated carbocycles. The lowest BCUT2D eigenvalue weighted by Crippen LogP contribution is -2.29. The second kappa shape index (κ2) is 9.20. The quantitative estimate of drug-likeness (QED) is 0.592. The maximum Gasteiger partial charge on any atom is 0.204 e. The number of rotatable bonds is 5. The van der Waals surface area contributed by atoms with Crippen LogP contribution in [0.15, 0.2) is 6.07 Å². The van der Waals surface area contributed by atoms with Gasteiger partial charge < -0.3 is 14.2 Å². The standard InChI is InChI=1S/C24H34F2O3/c1-15-3-6-19-13-21(22(25)23(26)24(19)29-15)28-14-16-4-7-17(8-5-16)18-9-11-20(27-2)12-10-18/h13,15-18,20H,3-12,14H2,1-2H3. The highest BCUT2D eigenvalue weighted by atomic mass is 19.2. The SMILES string of the molecule is COC1CCC(C2CCC(COc3cc4c(c(F)c3F)OC(C)CC4)CC2)CC1. The molecule has 0 spiro atoms. The lowest BCUT2D eigenvalue weighted by Gasteiger charge is -2.37. The van der Waals surface area contributed by atoms with Gasteiger partial charge in [0, 0.05) is 12.7 Å². The summed E-state index contributed by atoms with van der Waals surface area (Å²) in [5.74, 6) is 0.355. The van der Waals surface area contributed by atoms with E-state index in [-0.39, 0.29) is 17.6 Å². The largest absolute Gasteiger partial charge is 0.490 e. The number of benzene rings is 1. The van der Waals surface area contributed by atoms with Gasteiger partial charge in [0.25, 0.3) is 0 Å². The zero-order valence-electron chi connectivity index (χ0n) is 17.7. The second-order valence-corrected chi connectivity index (χ2v) is 9.32. The minimum atomic E-state index is -0.915. The molecule has 0 amide bonds. The molecule has 1 aromatic rings. The van der Waals surface area contributed by atoms with Crippen molar-refractivity contribution in [3.05, 3.63) is 23.3 Å². The number of aryl methyl sites for hydroxylation is 1. The summed E-state index contributed by atoms with van der Waals surface area (Å²) in [5, 5.41) is 0. The van der Waals surface area contributed by atoms with Crippen molar-refractivity contribution in [1.29, 1.82) is 0 Å². The van der Waals surface area contributed by atoms with Gasteiger partial charge in [-0.15, -0.1) is 0 Å². The molecule has 1 atom stereocenters. The van der Waals surface area contributed by atoms with E-state index in [1.807, 2.05) is 14.0 Å². The minimum Gasteiger partial charge on any atom is -0.490 e. The fourth-order valence-corrected chi connectivity index (χ4v) is 5.50. The first-order valence-corrected chi connectivity index (χ1v) is 11.4. The molecule has 4 rings (SSSR count). The smallest absolute Gasteiger partial charge is 0.204 e. The summed E-state index contributed by atoms with van der Waals surface area (Å²) in [4.78, 5) is 0. The predicted molar refractivity (Wildman–Crippen MR) is 108 cm³/mol. The van der Waals surface area contributed by atoms with Gasteiger partial charge in [0.1, 0.15) is 0 Å². The number of hydrogen-bond donors (Lipinski definition) is 0. The normalized spacial score (nSPS) is 32.3. The molecule has 1 heterocycles. The Balaban J connectivity index is 1.28. The molecule has 29 heavy (non-hydrogen) atoms. The Kier molecular flexibility index (Phi) is 6.63. The summed E-state index contributed by atoms with van der Waals surface area (Å²) in [6, 6.07) is 1.64. The van der Waals surface area contributed by atoms with Crippen molar-refractivity contribution in [2.24, 2.45) is 17.8 Å². The Bertz CT molecular complexity index is 692. The molecule has 162 valence electrons. The highest BCUT2D eigenvalue weighted by Crippen LogP contribution is 2.41. The predicted octanol–water partition coefficient (Wildman–Crippen LogP) is 6.07. The Labute approximate surface area is 173 Å². The Morgan fingerprint density at radius 3 is 2.24 bits per heavy atom. The molecule has 0 radical (unpaired) electrons. The van der Waals surface area contributed by atoms with E-state index in [9.17, 15) is 8.78 Å². The van der Waals surface area contributed by atoms with E-state index in [2.05, 4.69) is 0 Å². The van der Waals surface area contributed by atoms with E-state index >= 15 is 0 Å². The molecule has 2 aliphatic carbocycles. The van der Waals surface area contributed by atoms with Gasteiger partial charge in [-0.2, -0.15) is 8.78 Å². The highest BCUT2D eigenvalue weighted by molar-refractivity contribution is 5.44. The molecule has 3 aliphatic rings. The summed E-state index contributed by atoms with van der Waals surface area (Å²) < 4.78 is 45.6. The third-order valence-corrected chi connectivity index (χ3v) is 7.43. The van der Waals surface area contributed by atoms with Crippen LogP contribution < -0.4 is 9.47 Å². The number of hydrogen-bond acceptors (Lipinski definition) is 3. The van der Waals surface area contributed by atoms with E-state index in [1.165, 1.54) is 38.5 Å². The molecule has 1 aromatic carbocycles. The zero-order chi connectivity index (χ0) is 20.4. The maximum atomic E-state index is 14.4. The number of methoxy groups -OCH3 is 1. The molecule has 2 fully saturated rings. The van der Waals surface area contributed by atoms with Crippen LogP contribution in [0, 0.1) is 29.4 Å². The van der Waals surface area contributed by atoms with Crippen LogP contribution in [-0.2, 0) is 11.2 Å². The summed E-state index contributed by atoms with van der Waals surface area (Å²) in [5.41, 5.74) is 0.715. The summed E-state index contributed by atoms with van der Waals surface area (Å²) >= 11 is 0. The molecular weight excluding hydrogens is 374 g/mol. The zero-order valence-corrected chi connectivity index (χ0v) is 17.7. The van der Waals surface area contributed by atoms with Gasteiger partial charge in [-0.1, -0.05) is 0 Å². The maximum absolute atomic E-state index is 14.4. The molecule has 5 heteroatoms. The highest BCUT2D eigenvalue weighted by Gasteiger charge is 2.31. The lowest BCUT2D eigenvalue weighted by molar-refractivity contribution is 0.0376. The van der Waals surface area contributed by atoms with Crippen LogP contribution >= 0.6 is 0 Å². The molecule has 1 aliphatic heterocycles. The van der Waals surface area contributed by atoms with Crippen molar-refractivity contribution < 1.29 is 23.0 Å². The Hall–Kier alpha value is -1.36. The van der Waals surface area contributed by atoms with Crippen LogP contribution in [0.2, 0.25) is 0 Å². The van der Waals surface area contributed by atoms with Gasteiger partial charge in [-0.25, -0.2) is 0 Å². The average molecular weight is 409 g/mol. The molecule has 0 aromatic heterocycles. The van der Waals surface area contributed by atoms with Gasteiger partial charge in [0.2, 0.25) is 11.6 Å². The van der Waals surface area contributed by atoms with Crippen molar-refractivity contribution in [3.63, 3.8) is 0 Å². The van der Waals surface area contributed by atoms with Crippen LogP contribution in [0.25, 0.3) is 0 Å². The molecule has 0 saturated heterocycles. The van der Waals surface area contributed by atoms with Gasteiger partial charge in [-0.05, 0) is 95.0 Å². The molecular formula is C24H34F2O3. The van der Waals surface area contributed by atoms with Gasteiger partial charge in [0.05, 0.1) is 18.8 Å². The van der Waals surface area contributed by atoms with Crippen molar-refractivity contribution in [2.45, 2.75) is 83.3 Å². The molecule has 0 N–H and O–H groups in total. The Morgan fingerprint density at radius 1 is 0.931 bits per heavy atom. The summed E-state index contributed by atoms with van der Waals surface area (Å²) in [6.45, 7) is 2.35. The van der Waals surface area contributed by atoms with E-state index in [0.29, 0.717) is 30.6 Å².